The number of nitrogens with zero attached hydrogens (tertiary/aromatic N) is 1. The van der Waals surface area contributed by atoms with Crippen LogP contribution in [0, 0.1) is 10.1 Å². The summed E-state index contributed by atoms with van der Waals surface area (Å²) in [6.45, 7) is 1.39. The summed E-state index contributed by atoms with van der Waals surface area (Å²) < 4.78 is 5.79. The van der Waals surface area contributed by atoms with E-state index < -0.39 is 22.9 Å². The Morgan fingerprint density at radius 2 is 1.92 bits per heavy atom. The third-order valence-electron chi connectivity index (χ3n) is 3.07. The van der Waals surface area contributed by atoms with Crippen molar-refractivity contribution in [2.24, 2.45) is 0 Å². The lowest BCUT2D eigenvalue weighted by Crippen LogP contribution is -2.30. The van der Waals surface area contributed by atoms with E-state index in [4.69, 9.17) is 4.74 Å². The number of para-hydroxylation sites is 2. The van der Waals surface area contributed by atoms with Crippen molar-refractivity contribution in [2.75, 3.05) is 5.32 Å². The number of benzene rings is 2. The highest BCUT2D eigenvalue weighted by molar-refractivity contribution is 9.10. The van der Waals surface area contributed by atoms with Gasteiger partial charge in [0, 0.05) is 10.5 Å². The quantitative estimate of drug-likeness (QED) is 0.476. The minimum Gasteiger partial charge on any atom is -0.449 e. The molecule has 0 spiro atoms. The van der Waals surface area contributed by atoms with Crippen molar-refractivity contribution >= 4 is 39.2 Å². The highest BCUT2D eigenvalue weighted by Crippen LogP contribution is 2.23. The van der Waals surface area contributed by atoms with Crippen molar-refractivity contribution in [3.63, 3.8) is 0 Å². The van der Waals surface area contributed by atoms with E-state index in [1.165, 1.54) is 25.1 Å². The molecule has 0 saturated heterocycles. The minimum atomic E-state index is -1.11. The minimum absolute atomic E-state index is 0.0397. The largest absolute Gasteiger partial charge is 0.449 e. The lowest BCUT2D eigenvalue weighted by molar-refractivity contribution is -0.383. The number of rotatable bonds is 5. The molecule has 0 bridgehead atoms. The molecule has 0 radical (unpaired) electrons. The van der Waals surface area contributed by atoms with Crippen molar-refractivity contribution in [3.05, 3.63) is 68.7 Å². The lowest BCUT2D eigenvalue weighted by Gasteiger charge is -2.13. The summed E-state index contributed by atoms with van der Waals surface area (Å²) in [4.78, 5) is 34.4. The molecule has 2 aromatic carbocycles. The summed E-state index contributed by atoms with van der Waals surface area (Å²) in [7, 11) is 0. The molecule has 0 aliphatic carbocycles. The number of carbonyl (C=O) groups is 2. The van der Waals surface area contributed by atoms with Gasteiger partial charge >= 0.3 is 5.97 Å². The average molecular weight is 393 g/mol. The number of carbonyl (C=O) groups excluding carboxylic acids is 2. The van der Waals surface area contributed by atoms with E-state index in [1.807, 2.05) is 0 Å². The summed E-state index contributed by atoms with van der Waals surface area (Å²) in [5, 5.41) is 13.3. The van der Waals surface area contributed by atoms with Gasteiger partial charge in [-0.2, -0.15) is 0 Å². The van der Waals surface area contributed by atoms with E-state index in [9.17, 15) is 19.7 Å². The maximum Gasteiger partial charge on any atom is 0.338 e. The fraction of sp³-hybridized carbons (Fsp3) is 0.125. The number of hydrogen-bond donors (Lipinski definition) is 1. The van der Waals surface area contributed by atoms with Crippen molar-refractivity contribution in [2.45, 2.75) is 13.0 Å². The first kappa shape index (κ1) is 17.6. The van der Waals surface area contributed by atoms with E-state index in [-0.39, 0.29) is 16.9 Å². The van der Waals surface area contributed by atoms with E-state index in [2.05, 4.69) is 21.2 Å². The van der Waals surface area contributed by atoms with Crippen molar-refractivity contribution < 1.29 is 19.2 Å². The van der Waals surface area contributed by atoms with Gasteiger partial charge in [-0.15, -0.1) is 0 Å². The zero-order chi connectivity index (χ0) is 17.7. The van der Waals surface area contributed by atoms with Crippen LogP contribution in [0.25, 0.3) is 0 Å². The van der Waals surface area contributed by atoms with Crippen LogP contribution in [0.2, 0.25) is 0 Å². The Morgan fingerprint density at radius 1 is 1.21 bits per heavy atom. The molecule has 1 N–H and O–H groups in total. The zero-order valence-corrected chi connectivity index (χ0v) is 14.1. The molecule has 0 aromatic heterocycles. The van der Waals surface area contributed by atoms with Crippen LogP contribution in [0.4, 0.5) is 11.4 Å². The molecule has 1 atom stereocenters. The Kier molecular flexibility index (Phi) is 5.64. The molecule has 0 fully saturated rings. The third kappa shape index (κ3) is 4.39. The molecule has 7 nitrogen and oxygen atoms in total. The second kappa shape index (κ2) is 7.69. The number of amides is 1. The first-order valence-electron chi connectivity index (χ1n) is 6.89. The second-order valence-electron chi connectivity index (χ2n) is 4.82. The zero-order valence-electron chi connectivity index (χ0n) is 12.6. The highest BCUT2D eigenvalue weighted by Gasteiger charge is 2.22. The van der Waals surface area contributed by atoms with Crippen LogP contribution in [-0.2, 0) is 9.53 Å². The van der Waals surface area contributed by atoms with Crippen LogP contribution in [0.1, 0.15) is 17.3 Å². The molecule has 0 unspecified atom stereocenters. The van der Waals surface area contributed by atoms with Crippen LogP contribution in [0.15, 0.2) is 53.0 Å². The Hall–Kier alpha value is -2.74. The van der Waals surface area contributed by atoms with Gasteiger partial charge in [-0.05, 0) is 31.2 Å². The highest BCUT2D eigenvalue weighted by atomic mass is 79.9. The molecular weight excluding hydrogens is 380 g/mol. The molecule has 0 saturated carbocycles. The number of nitro benzene ring substituents is 1. The van der Waals surface area contributed by atoms with Crippen LogP contribution in [0.5, 0.6) is 0 Å². The maximum absolute atomic E-state index is 12.1. The molecule has 1 amide bonds. The predicted octanol–water partition coefficient (Wildman–Crippen LogP) is 3.54. The number of nitro groups is 1. The molecule has 2 aromatic rings. The number of hydrogen-bond acceptors (Lipinski definition) is 5. The molecule has 2 rings (SSSR count). The number of nitrogens with one attached hydrogen (secondary N) is 1. The van der Waals surface area contributed by atoms with Crippen molar-refractivity contribution in [1.82, 2.24) is 0 Å². The third-order valence-corrected chi connectivity index (χ3v) is 3.57. The summed E-state index contributed by atoms with van der Waals surface area (Å²) in [5.41, 5.74) is 0.0870. The predicted molar refractivity (Wildman–Crippen MR) is 90.7 cm³/mol. The van der Waals surface area contributed by atoms with Gasteiger partial charge in [0.05, 0.1) is 10.5 Å². The standard InChI is InChI=1S/C16H13BrN2O5/c1-10(24-16(21)11-5-4-6-12(17)9-11)15(20)18-13-7-2-3-8-14(13)19(22)23/h2-10H,1H3,(H,18,20)/t10-/m0/s1. The maximum atomic E-state index is 12.1. The number of halogens is 1. The summed E-state index contributed by atoms with van der Waals surface area (Å²) >= 11 is 3.24. The lowest BCUT2D eigenvalue weighted by atomic mass is 10.2. The number of anilines is 1. The molecular formula is C16H13BrN2O5. The van der Waals surface area contributed by atoms with Crippen LogP contribution in [0.3, 0.4) is 0 Å². The van der Waals surface area contributed by atoms with Gasteiger partial charge in [0.25, 0.3) is 11.6 Å². The average Bonchev–Trinajstić information content (AvgIpc) is 2.55. The van der Waals surface area contributed by atoms with E-state index in [0.29, 0.717) is 4.47 Å². The topological polar surface area (TPSA) is 98.5 Å². The van der Waals surface area contributed by atoms with Crippen LogP contribution < -0.4 is 5.32 Å². The summed E-state index contributed by atoms with van der Waals surface area (Å²) in [6, 6.07) is 12.3. The Morgan fingerprint density at radius 3 is 2.58 bits per heavy atom. The van der Waals surface area contributed by atoms with Crippen LogP contribution >= 0.6 is 15.9 Å². The monoisotopic (exact) mass is 392 g/mol. The molecule has 124 valence electrons. The van der Waals surface area contributed by atoms with Crippen molar-refractivity contribution in [3.8, 4) is 0 Å². The van der Waals surface area contributed by atoms with E-state index >= 15 is 0 Å². The first-order valence-corrected chi connectivity index (χ1v) is 7.68. The van der Waals surface area contributed by atoms with Gasteiger partial charge in [0.1, 0.15) is 5.69 Å². The number of esters is 1. The molecule has 8 heteroatoms. The Bertz CT molecular complexity index is 794. The van der Waals surface area contributed by atoms with E-state index in [0.717, 1.165) is 0 Å². The van der Waals surface area contributed by atoms with Gasteiger partial charge in [-0.25, -0.2) is 4.79 Å². The van der Waals surface area contributed by atoms with Gasteiger partial charge < -0.3 is 10.1 Å². The smallest absolute Gasteiger partial charge is 0.338 e. The molecule has 0 heterocycles. The van der Waals surface area contributed by atoms with Crippen molar-refractivity contribution in [1.29, 1.82) is 0 Å². The first-order chi connectivity index (χ1) is 11.4. The normalized spacial score (nSPS) is 11.4. The number of ether oxygens (including phenoxy) is 1. The van der Waals surface area contributed by atoms with Gasteiger partial charge in [-0.1, -0.05) is 34.1 Å². The van der Waals surface area contributed by atoms with Gasteiger partial charge in [-0.3, -0.25) is 14.9 Å². The fourth-order valence-corrected chi connectivity index (χ4v) is 2.27. The fourth-order valence-electron chi connectivity index (χ4n) is 1.87. The van der Waals surface area contributed by atoms with Gasteiger partial charge in [0.15, 0.2) is 6.10 Å². The summed E-state index contributed by atoms with van der Waals surface area (Å²) in [5.74, 6) is -1.32. The molecule has 24 heavy (non-hydrogen) atoms. The van der Waals surface area contributed by atoms with E-state index in [1.54, 1.807) is 30.3 Å². The second-order valence-corrected chi connectivity index (χ2v) is 5.74. The van der Waals surface area contributed by atoms with Crippen LogP contribution in [-0.4, -0.2) is 22.9 Å². The Labute approximate surface area is 145 Å². The molecule has 0 aliphatic rings. The molecule has 0 aliphatic heterocycles. The SMILES string of the molecule is C[C@H](OC(=O)c1cccc(Br)c1)C(=O)Nc1ccccc1[N+](=O)[O-]. The summed E-state index contributed by atoms with van der Waals surface area (Å²) in [6.07, 6.45) is -1.11. The van der Waals surface area contributed by atoms with Gasteiger partial charge in [0.2, 0.25) is 0 Å². The Balaban J connectivity index is 2.05.